The molecule has 156 valence electrons. The van der Waals surface area contributed by atoms with Gasteiger partial charge in [0.25, 0.3) is 5.91 Å². The number of anilines is 1. The fourth-order valence-corrected chi connectivity index (χ4v) is 2.68. The standard InChI is InChI=1S/C22H20FNO6/c1-13(21(25)24-14-8-9-18(27-2)20(12-14)28-3)29-22(26)19-11-10-17(30-19)15-6-4-5-7-16(15)23/h4-13H,1-3H3,(H,24,25)/t13-/m1/s1. The highest BCUT2D eigenvalue weighted by atomic mass is 19.1. The van der Waals surface area contributed by atoms with Crippen LogP contribution < -0.4 is 14.8 Å². The molecule has 1 aromatic heterocycles. The number of rotatable bonds is 7. The van der Waals surface area contributed by atoms with Crippen LogP contribution in [0.3, 0.4) is 0 Å². The molecule has 7 nitrogen and oxygen atoms in total. The summed E-state index contributed by atoms with van der Waals surface area (Å²) in [4.78, 5) is 24.7. The summed E-state index contributed by atoms with van der Waals surface area (Å²) < 4.78 is 34.7. The molecule has 0 aliphatic heterocycles. The lowest BCUT2D eigenvalue weighted by Gasteiger charge is -2.14. The van der Waals surface area contributed by atoms with Gasteiger partial charge in [-0.1, -0.05) is 12.1 Å². The van der Waals surface area contributed by atoms with E-state index in [1.54, 1.807) is 30.3 Å². The van der Waals surface area contributed by atoms with Gasteiger partial charge in [-0.25, -0.2) is 9.18 Å². The van der Waals surface area contributed by atoms with Crippen LogP contribution >= 0.6 is 0 Å². The summed E-state index contributed by atoms with van der Waals surface area (Å²) in [5, 5.41) is 2.63. The van der Waals surface area contributed by atoms with E-state index in [1.807, 2.05) is 0 Å². The van der Waals surface area contributed by atoms with Gasteiger partial charge in [0.05, 0.1) is 19.8 Å². The summed E-state index contributed by atoms with van der Waals surface area (Å²) in [5.41, 5.74) is 0.663. The molecule has 3 aromatic rings. The molecular weight excluding hydrogens is 393 g/mol. The largest absolute Gasteiger partial charge is 0.493 e. The number of esters is 1. The Morgan fingerprint density at radius 2 is 1.73 bits per heavy atom. The van der Waals surface area contributed by atoms with Crippen LogP contribution in [0.25, 0.3) is 11.3 Å². The molecule has 0 saturated carbocycles. The van der Waals surface area contributed by atoms with E-state index in [0.717, 1.165) is 0 Å². The van der Waals surface area contributed by atoms with Gasteiger partial charge in [-0.3, -0.25) is 4.79 Å². The van der Waals surface area contributed by atoms with E-state index in [2.05, 4.69) is 5.32 Å². The quantitative estimate of drug-likeness (QED) is 0.582. The summed E-state index contributed by atoms with van der Waals surface area (Å²) in [7, 11) is 2.98. The van der Waals surface area contributed by atoms with Crippen molar-refractivity contribution < 1.29 is 32.6 Å². The van der Waals surface area contributed by atoms with Gasteiger partial charge in [-0.15, -0.1) is 0 Å². The predicted molar refractivity (Wildman–Crippen MR) is 107 cm³/mol. The van der Waals surface area contributed by atoms with Gasteiger partial charge in [-0.2, -0.15) is 0 Å². The van der Waals surface area contributed by atoms with Crippen LogP contribution in [0, 0.1) is 5.82 Å². The first kappa shape index (κ1) is 20.9. The Morgan fingerprint density at radius 3 is 2.43 bits per heavy atom. The molecule has 30 heavy (non-hydrogen) atoms. The van der Waals surface area contributed by atoms with Gasteiger partial charge >= 0.3 is 5.97 Å². The Bertz CT molecular complexity index is 1060. The van der Waals surface area contributed by atoms with Gasteiger partial charge in [0.15, 0.2) is 17.6 Å². The third-order valence-corrected chi connectivity index (χ3v) is 4.25. The monoisotopic (exact) mass is 413 g/mol. The molecular formula is C22H20FNO6. The summed E-state index contributed by atoms with van der Waals surface area (Å²) in [5.74, 6) is -0.866. The number of carbonyl (C=O) groups is 2. The average Bonchev–Trinajstić information content (AvgIpc) is 3.24. The highest BCUT2D eigenvalue weighted by molar-refractivity contribution is 5.97. The van der Waals surface area contributed by atoms with Crippen LogP contribution in [0.4, 0.5) is 10.1 Å². The molecule has 2 aromatic carbocycles. The number of hydrogen-bond donors (Lipinski definition) is 1. The normalized spacial score (nSPS) is 11.5. The number of carbonyl (C=O) groups excluding carboxylic acids is 2. The highest BCUT2D eigenvalue weighted by Gasteiger charge is 2.22. The minimum atomic E-state index is -1.10. The summed E-state index contributed by atoms with van der Waals surface area (Å²) >= 11 is 0. The molecule has 8 heteroatoms. The van der Waals surface area contributed by atoms with Crippen molar-refractivity contribution in [3.05, 3.63) is 66.2 Å². The Hall–Kier alpha value is -3.81. The number of methoxy groups -OCH3 is 2. The maximum Gasteiger partial charge on any atom is 0.375 e. The molecule has 0 unspecified atom stereocenters. The molecule has 0 aliphatic carbocycles. The molecule has 0 radical (unpaired) electrons. The Kier molecular flexibility index (Phi) is 6.36. The van der Waals surface area contributed by atoms with Crippen molar-refractivity contribution in [2.24, 2.45) is 0 Å². The van der Waals surface area contributed by atoms with Crippen LogP contribution in [0.1, 0.15) is 17.5 Å². The number of hydrogen-bond acceptors (Lipinski definition) is 6. The van der Waals surface area contributed by atoms with Crippen LogP contribution in [-0.4, -0.2) is 32.2 Å². The maximum atomic E-state index is 13.9. The van der Waals surface area contributed by atoms with Crippen LogP contribution in [0.5, 0.6) is 11.5 Å². The summed E-state index contributed by atoms with van der Waals surface area (Å²) in [6, 6.07) is 13.7. The molecule has 0 bridgehead atoms. The van der Waals surface area contributed by atoms with Crippen LogP contribution in [0.15, 0.2) is 59.0 Å². The second-order valence-electron chi connectivity index (χ2n) is 6.25. The first-order valence-corrected chi connectivity index (χ1v) is 9.01. The molecule has 1 amide bonds. The fraction of sp³-hybridized carbons (Fsp3) is 0.182. The van der Waals surface area contributed by atoms with Gasteiger partial charge < -0.3 is 23.9 Å². The number of nitrogens with one attached hydrogen (secondary N) is 1. The predicted octanol–water partition coefficient (Wildman–Crippen LogP) is 4.29. The molecule has 0 spiro atoms. The van der Waals surface area contributed by atoms with Crippen LogP contribution in [-0.2, 0) is 9.53 Å². The average molecular weight is 413 g/mol. The number of benzene rings is 2. The number of ether oxygens (including phenoxy) is 3. The van der Waals surface area contributed by atoms with Gasteiger partial charge in [-0.05, 0) is 43.3 Å². The Morgan fingerprint density at radius 1 is 1.00 bits per heavy atom. The highest BCUT2D eigenvalue weighted by Crippen LogP contribution is 2.30. The van der Waals surface area contributed by atoms with Gasteiger partial charge in [0, 0.05) is 11.8 Å². The third kappa shape index (κ3) is 4.60. The van der Waals surface area contributed by atoms with Crippen molar-refractivity contribution >= 4 is 17.6 Å². The Balaban J connectivity index is 1.64. The lowest BCUT2D eigenvalue weighted by atomic mass is 10.1. The maximum absolute atomic E-state index is 13.9. The second kappa shape index (κ2) is 9.13. The molecule has 0 aliphatic rings. The second-order valence-corrected chi connectivity index (χ2v) is 6.25. The lowest BCUT2D eigenvalue weighted by Crippen LogP contribution is -2.29. The Labute approximate surface area is 172 Å². The molecule has 1 heterocycles. The van der Waals surface area contributed by atoms with E-state index in [-0.39, 0.29) is 17.1 Å². The van der Waals surface area contributed by atoms with E-state index in [1.165, 1.54) is 45.4 Å². The first-order valence-electron chi connectivity index (χ1n) is 9.01. The van der Waals surface area contributed by atoms with Gasteiger partial charge in [0.2, 0.25) is 5.76 Å². The van der Waals surface area contributed by atoms with Crippen molar-refractivity contribution in [3.63, 3.8) is 0 Å². The fourth-order valence-electron chi connectivity index (χ4n) is 2.68. The molecule has 1 atom stereocenters. The topological polar surface area (TPSA) is 87.0 Å². The van der Waals surface area contributed by atoms with E-state index in [4.69, 9.17) is 18.6 Å². The van der Waals surface area contributed by atoms with E-state index >= 15 is 0 Å². The van der Waals surface area contributed by atoms with Gasteiger partial charge in [0.1, 0.15) is 11.6 Å². The number of furan rings is 1. The zero-order chi connectivity index (χ0) is 21.7. The van der Waals surface area contributed by atoms with Crippen molar-refractivity contribution in [3.8, 4) is 22.8 Å². The minimum Gasteiger partial charge on any atom is -0.493 e. The van der Waals surface area contributed by atoms with E-state index < -0.39 is 23.8 Å². The molecule has 1 N–H and O–H groups in total. The van der Waals surface area contributed by atoms with Crippen molar-refractivity contribution in [2.45, 2.75) is 13.0 Å². The first-order chi connectivity index (χ1) is 14.4. The van der Waals surface area contributed by atoms with E-state index in [0.29, 0.717) is 17.2 Å². The molecule has 3 rings (SSSR count). The molecule has 0 saturated heterocycles. The van der Waals surface area contributed by atoms with Crippen molar-refractivity contribution in [2.75, 3.05) is 19.5 Å². The third-order valence-electron chi connectivity index (χ3n) is 4.25. The van der Waals surface area contributed by atoms with Crippen molar-refractivity contribution in [1.29, 1.82) is 0 Å². The summed E-state index contributed by atoms with van der Waals surface area (Å²) in [6.45, 7) is 1.43. The lowest BCUT2D eigenvalue weighted by molar-refractivity contribution is -0.123. The van der Waals surface area contributed by atoms with Crippen LogP contribution in [0.2, 0.25) is 0 Å². The zero-order valence-electron chi connectivity index (χ0n) is 16.6. The number of halogens is 1. The summed E-state index contributed by atoms with van der Waals surface area (Å²) in [6.07, 6.45) is -1.10. The van der Waals surface area contributed by atoms with Crippen molar-refractivity contribution in [1.82, 2.24) is 0 Å². The molecule has 0 fully saturated rings. The zero-order valence-corrected chi connectivity index (χ0v) is 16.6. The minimum absolute atomic E-state index is 0.140. The van der Waals surface area contributed by atoms with E-state index in [9.17, 15) is 14.0 Å². The smallest absolute Gasteiger partial charge is 0.375 e. The SMILES string of the molecule is COc1ccc(NC(=O)[C@@H](C)OC(=O)c2ccc(-c3ccccc3F)o2)cc1OC. The number of amides is 1.